The van der Waals surface area contributed by atoms with Crippen LogP contribution in [-0.2, 0) is 9.59 Å². The number of rotatable bonds is 3. The Hall–Kier alpha value is -3.58. The van der Waals surface area contributed by atoms with Crippen molar-refractivity contribution in [3.05, 3.63) is 88.0 Å². The molecule has 7 heteroatoms. The number of anilines is 1. The van der Waals surface area contributed by atoms with Gasteiger partial charge < -0.3 is 4.57 Å². The minimum Gasteiger partial charge on any atom is -0.318 e. The van der Waals surface area contributed by atoms with E-state index in [0.717, 1.165) is 22.5 Å². The zero-order valence-corrected chi connectivity index (χ0v) is 19.0. The fourth-order valence-corrected chi connectivity index (χ4v) is 4.21. The van der Waals surface area contributed by atoms with Gasteiger partial charge in [-0.05, 0) is 93.0 Å². The summed E-state index contributed by atoms with van der Waals surface area (Å²) >= 11 is 5.32. The first-order chi connectivity index (χ1) is 15.2. The third-order valence-corrected chi connectivity index (χ3v) is 5.83. The van der Waals surface area contributed by atoms with Crippen LogP contribution in [-0.4, -0.2) is 21.5 Å². The summed E-state index contributed by atoms with van der Waals surface area (Å²) in [6, 6.07) is 13.9. The van der Waals surface area contributed by atoms with Crippen molar-refractivity contribution in [2.75, 3.05) is 4.90 Å². The number of hydrogen-bond donors (Lipinski definition) is 1. The highest BCUT2D eigenvalue weighted by atomic mass is 32.1. The van der Waals surface area contributed by atoms with Gasteiger partial charge in [-0.3, -0.25) is 19.8 Å². The second-order valence-corrected chi connectivity index (χ2v) is 8.28. The maximum atomic E-state index is 13.8. The number of aromatic nitrogens is 1. The summed E-state index contributed by atoms with van der Waals surface area (Å²) in [5.74, 6) is -1.37. The molecule has 1 saturated heterocycles. The molecular weight excluding hydrogens is 425 g/mol. The molecule has 0 unspecified atom stereocenters. The van der Waals surface area contributed by atoms with Crippen LogP contribution in [0.4, 0.5) is 10.1 Å². The largest absolute Gasteiger partial charge is 0.318 e. The van der Waals surface area contributed by atoms with E-state index in [4.69, 9.17) is 12.2 Å². The Labute approximate surface area is 191 Å². The van der Waals surface area contributed by atoms with Gasteiger partial charge in [-0.25, -0.2) is 4.39 Å². The summed E-state index contributed by atoms with van der Waals surface area (Å²) in [5, 5.41) is 2.68. The number of carbonyl (C=O) groups excluding carboxylic acids is 2. The number of amides is 2. The number of nitrogens with zero attached hydrogens (tertiary/aromatic N) is 2. The average Bonchev–Trinajstić information content (AvgIpc) is 3.00. The lowest BCUT2D eigenvalue weighted by Gasteiger charge is -2.30. The second-order valence-electron chi connectivity index (χ2n) is 7.89. The lowest BCUT2D eigenvalue weighted by Crippen LogP contribution is -2.54. The van der Waals surface area contributed by atoms with E-state index in [1.807, 2.05) is 56.5 Å². The molecule has 0 saturated carbocycles. The number of aryl methyl sites for hydroxylation is 3. The van der Waals surface area contributed by atoms with Crippen molar-refractivity contribution in [3.63, 3.8) is 0 Å². The first-order valence-corrected chi connectivity index (χ1v) is 10.5. The molecule has 0 aliphatic carbocycles. The van der Waals surface area contributed by atoms with E-state index in [1.165, 1.54) is 17.0 Å². The van der Waals surface area contributed by atoms with Gasteiger partial charge in [-0.1, -0.05) is 18.2 Å². The molecule has 1 aromatic heterocycles. The number of nitrogens with one attached hydrogen (secondary N) is 1. The van der Waals surface area contributed by atoms with Crippen LogP contribution >= 0.6 is 12.2 Å². The molecule has 0 spiro atoms. The molecule has 2 amide bonds. The molecule has 32 heavy (non-hydrogen) atoms. The fourth-order valence-electron chi connectivity index (χ4n) is 3.94. The van der Waals surface area contributed by atoms with E-state index in [2.05, 4.69) is 5.32 Å². The highest BCUT2D eigenvalue weighted by Gasteiger charge is 2.35. The molecule has 4 rings (SSSR count). The number of benzene rings is 2. The molecule has 1 aliphatic rings. The molecule has 0 bridgehead atoms. The average molecular weight is 448 g/mol. The first-order valence-electron chi connectivity index (χ1n) is 10.1. The molecule has 3 aromatic rings. The number of thiocarbonyl (C=S) groups is 1. The van der Waals surface area contributed by atoms with Gasteiger partial charge in [0.05, 0.1) is 5.69 Å². The summed E-state index contributed by atoms with van der Waals surface area (Å²) in [4.78, 5) is 27.4. The van der Waals surface area contributed by atoms with E-state index in [0.29, 0.717) is 16.9 Å². The Kier molecular flexibility index (Phi) is 5.52. The molecule has 5 nitrogen and oxygen atoms in total. The van der Waals surface area contributed by atoms with E-state index in [9.17, 15) is 14.0 Å². The van der Waals surface area contributed by atoms with Crippen molar-refractivity contribution < 1.29 is 14.0 Å². The Morgan fingerprint density at radius 3 is 2.47 bits per heavy atom. The first kappa shape index (κ1) is 21.6. The van der Waals surface area contributed by atoms with Crippen molar-refractivity contribution >= 4 is 40.9 Å². The third kappa shape index (κ3) is 3.76. The van der Waals surface area contributed by atoms with Crippen LogP contribution in [0.1, 0.15) is 28.1 Å². The van der Waals surface area contributed by atoms with E-state index in [-0.39, 0.29) is 16.5 Å². The second kappa shape index (κ2) is 8.16. The SMILES string of the molecule is Cc1ccc(C)c(N2C(=O)/C(=C/c3cc(C)n(-c4cccc(F)c4)c3C)C(=O)NC2=S)c1. The van der Waals surface area contributed by atoms with Crippen LogP contribution in [0.2, 0.25) is 0 Å². The molecule has 162 valence electrons. The van der Waals surface area contributed by atoms with Crippen molar-refractivity contribution in [1.82, 2.24) is 9.88 Å². The quantitative estimate of drug-likeness (QED) is 0.360. The zero-order chi connectivity index (χ0) is 23.2. The molecule has 0 atom stereocenters. The maximum absolute atomic E-state index is 13.8. The van der Waals surface area contributed by atoms with Gasteiger partial charge in [0.2, 0.25) is 0 Å². The van der Waals surface area contributed by atoms with E-state index in [1.54, 1.807) is 18.2 Å². The summed E-state index contributed by atoms with van der Waals surface area (Å²) in [7, 11) is 0. The summed E-state index contributed by atoms with van der Waals surface area (Å²) in [5.41, 5.74) is 5.46. The van der Waals surface area contributed by atoms with Gasteiger partial charge in [0.1, 0.15) is 11.4 Å². The molecular formula is C25H22FN3O2S. The van der Waals surface area contributed by atoms with Crippen LogP contribution < -0.4 is 10.2 Å². The molecule has 1 aliphatic heterocycles. The van der Waals surface area contributed by atoms with Crippen LogP contribution in [0.3, 0.4) is 0 Å². The molecule has 2 heterocycles. The van der Waals surface area contributed by atoms with Crippen LogP contribution in [0.15, 0.2) is 54.1 Å². The number of hydrogen-bond acceptors (Lipinski definition) is 3. The van der Waals surface area contributed by atoms with Crippen LogP contribution in [0.5, 0.6) is 0 Å². The fraction of sp³-hybridized carbons (Fsp3) is 0.160. The molecule has 0 radical (unpaired) electrons. The molecule has 2 aromatic carbocycles. The molecule has 1 N–H and O–H groups in total. The van der Waals surface area contributed by atoms with Crippen LogP contribution in [0, 0.1) is 33.5 Å². The van der Waals surface area contributed by atoms with Gasteiger partial charge in [0.25, 0.3) is 11.8 Å². The molecule has 1 fully saturated rings. The number of halogens is 1. The highest BCUT2D eigenvalue weighted by molar-refractivity contribution is 7.80. The Morgan fingerprint density at radius 2 is 1.75 bits per heavy atom. The van der Waals surface area contributed by atoms with E-state index < -0.39 is 11.8 Å². The topological polar surface area (TPSA) is 54.3 Å². The third-order valence-electron chi connectivity index (χ3n) is 5.54. The van der Waals surface area contributed by atoms with Crippen molar-refractivity contribution in [2.24, 2.45) is 0 Å². The van der Waals surface area contributed by atoms with Crippen molar-refractivity contribution in [2.45, 2.75) is 27.7 Å². The standard InChI is InChI=1S/C25H22FN3O2S/c1-14-8-9-15(2)22(10-14)29-24(31)21(23(30)27-25(29)32)12-18-11-16(3)28(17(18)4)20-7-5-6-19(26)13-20/h5-13H,1-4H3,(H,27,30,32)/b21-12+. The van der Waals surface area contributed by atoms with Crippen LogP contribution in [0.25, 0.3) is 11.8 Å². The predicted molar refractivity (Wildman–Crippen MR) is 127 cm³/mol. The Morgan fingerprint density at radius 1 is 1.00 bits per heavy atom. The number of carbonyl (C=O) groups is 2. The predicted octanol–water partition coefficient (Wildman–Crippen LogP) is 4.68. The van der Waals surface area contributed by atoms with Gasteiger partial charge in [-0.15, -0.1) is 0 Å². The minimum atomic E-state index is -0.544. The van der Waals surface area contributed by atoms with Gasteiger partial charge in [0.15, 0.2) is 5.11 Å². The Bertz CT molecular complexity index is 1320. The van der Waals surface area contributed by atoms with Gasteiger partial charge >= 0.3 is 0 Å². The monoisotopic (exact) mass is 447 g/mol. The lowest BCUT2D eigenvalue weighted by atomic mass is 10.0. The smallest absolute Gasteiger partial charge is 0.270 e. The summed E-state index contributed by atoms with van der Waals surface area (Å²) in [6.07, 6.45) is 1.57. The van der Waals surface area contributed by atoms with Gasteiger partial charge in [-0.2, -0.15) is 0 Å². The van der Waals surface area contributed by atoms with Gasteiger partial charge in [0, 0.05) is 17.1 Å². The highest BCUT2D eigenvalue weighted by Crippen LogP contribution is 2.28. The normalized spacial score (nSPS) is 15.5. The Balaban J connectivity index is 1.79. The van der Waals surface area contributed by atoms with Crippen molar-refractivity contribution in [3.8, 4) is 5.69 Å². The summed E-state index contributed by atoms with van der Waals surface area (Å²) < 4.78 is 15.6. The lowest BCUT2D eigenvalue weighted by molar-refractivity contribution is -0.122. The van der Waals surface area contributed by atoms with Crippen molar-refractivity contribution in [1.29, 1.82) is 0 Å². The maximum Gasteiger partial charge on any atom is 0.270 e. The summed E-state index contributed by atoms with van der Waals surface area (Å²) in [6.45, 7) is 7.57. The van der Waals surface area contributed by atoms with E-state index >= 15 is 0 Å². The minimum absolute atomic E-state index is 0.0148. The zero-order valence-electron chi connectivity index (χ0n) is 18.2.